The van der Waals surface area contributed by atoms with Gasteiger partial charge in [-0.25, -0.2) is 14.8 Å². The molecule has 6 nitrogen and oxygen atoms in total. The minimum Gasteiger partial charge on any atom is -0.431 e. The first kappa shape index (κ1) is 22.1. The van der Waals surface area contributed by atoms with Gasteiger partial charge >= 0.3 is 18.4 Å². The third-order valence-electron chi connectivity index (χ3n) is 5.09. The normalized spacial score (nSPS) is 21.3. The van der Waals surface area contributed by atoms with Crippen molar-refractivity contribution in [2.75, 3.05) is 11.9 Å². The van der Waals surface area contributed by atoms with Crippen molar-refractivity contribution in [2.45, 2.75) is 37.8 Å². The highest BCUT2D eigenvalue weighted by Crippen LogP contribution is 2.46. The number of nitrogens with zero attached hydrogens (tertiary/aromatic N) is 2. The van der Waals surface area contributed by atoms with Gasteiger partial charge in [-0.15, -0.1) is 0 Å². The molecule has 2 aliphatic heterocycles. The number of hydrogen-bond acceptors (Lipinski definition) is 5. The summed E-state index contributed by atoms with van der Waals surface area (Å²) in [6, 6.07) is 2.65. The Balaban J connectivity index is 1.93. The summed E-state index contributed by atoms with van der Waals surface area (Å²) in [6.45, 7) is 2.28. The van der Waals surface area contributed by atoms with Gasteiger partial charge in [0.2, 0.25) is 6.10 Å². The number of aromatic nitrogens is 2. The van der Waals surface area contributed by atoms with E-state index in [-0.39, 0.29) is 23.0 Å². The van der Waals surface area contributed by atoms with Crippen molar-refractivity contribution in [3.05, 3.63) is 47.3 Å². The van der Waals surface area contributed by atoms with Crippen molar-refractivity contribution >= 4 is 17.5 Å². The number of nitrogens with one attached hydrogen (secondary N) is 2. The Morgan fingerprint density at radius 1 is 1.12 bits per heavy atom. The molecule has 2 atom stereocenters. The lowest BCUT2D eigenvalue weighted by Gasteiger charge is -2.29. The second-order valence-electron chi connectivity index (χ2n) is 7.44. The molecule has 0 spiro atoms. The van der Waals surface area contributed by atoms with E-state index in [9.17, 15) is 31.1 Å². The molecule has 0 aromatic carbocycles. The maximum atomic E-state index is 13.6. The number of fused-ring (bicyclic) bond motifs is 1. The summed E-state index contributed by atoms with van der Waals surface area (Å²) in [5, 5.41) is 5.18. The molecule has 4 rings (SSSR count). The number of cyclic esters (lactones) is 1. The second kappa shape index (κ2) is 7.76. The monoisotopic (exact) mass is 458 g/mol. The van der Waals surface area contributed by atoms with E-state index < -0.39 is 41.5 Å². The molecule has 0 bridgehead atoms. The van der Waals surface area contributed by atoms with Gasteiger partial charge in [0.1, 0.15) is 5.82 Å². The van der Waals surface area contributed by atoms with E-state index in [2.05, 4.69) is 25.3 Å². The van der Waals surface area contributed by atoms with E-state index in [0.717, 1.165) is 18.3 Å². The lowest BCUT2D eigenvalue weighted by atomic mass is 9.95. The molecule has 0 aliphatic carbocycles. The summed E-state index contributed by atoms with van der Waals surface area (Å²) >= 11 is 0. The lowest BCUT2D eigenvalue weighted by Crippen LogP contribution is -2.34. The molecule has 2 N–H and O–H groups in total. The van der Waals surface area contributed by atoms with Crippen molar-refractivity contribution in [3.63, 3.8) is 0 Å². The third-order valence-corrected chi connectivity index (χ3v) is 5.09. The summed E-state index contributed by atoms with van der Waals surface area (Å²) in [4.78, 5) is 19.5. The molecule has 32 heavy (non-hydrogen) atoms. The van der Waals surface area contributed by atoms with Crippen molar-refractivity contribution in [2.24, 2.45) is 0 Å². The zero-order chi connectivity index (χ0) is 23.3. The van der Waals surface area contributed by atoms with Gasteiger partial charge in [0.25, 0.3) is 0 Å². The van der Waals surface area contributed by atoms with Crippen LogP contribution in [0.15, 0.2) is 30.5 Å². The van der Waals surface area contributed by atoms with Crippen LogP contribution in [0.25, 0.3) is 16.8 Å². The number of carbonyl (C=O) groups is 1. The van der Waals surface area contributed by atoms with Crippen LogP contribution >= 0.6 is 0 Å². The quantitative estimate of drug-likeness (QED) is 0.613. The summed E-state index contributed by atoms with van der Waals surface area (Å²) in [5.74, 6) is -0.448. The number of halogens is 6. The highest BCUT2D eigenvalue weighted by molar-refractivity contribution is 5.89. The SMILES string of the molecule is CC1CC(c2cc(C(F)(F)F)cc(-c3ccnc4c3[C@H](C(F)(F)F)OC(=O)N4)n2)=CCN1. The van der Waals surface area contributed by atoms with Gasteiger partial charge in [-0.3, -0.25) is 5.32 Å². The van der Waals surface area contributed by atoms with Crippen LogP contribution in [0.3, 0.4) is 0 Å². The van der Waals surface area contributed by atoms with Gasteiger partial charge in [0.05, 0.1) is 22.5 Å². The number of hydrogen-bond donors (Lipinski definition) is 2. The van der Waals surface area contributed by atoms with Gasteiger partial charge in [-0.1, -0.05) is 6.08 Å². The molecule has 2 aromatic rings. The smallest absolute Gasteiger partial charge is 0.430 e. The number of rotatable bonds is 2. The van der Waals surface area contributed by atoms with E-state index in [0.29, 0.717) is 24.6 Å². The number of pyridine rings is 2. The van der Waals surface area contributed by atoms with Crippen LogP contribution < -0.4 is 10.6 Å². The van der Waals surface area contributed by atoms with Crippen LogP contribution in [0.4, 0.5) is 37.0 Å². The first-order chi connectivity index (χ1) is 14.9. The Labute approximate surface area is 177 Å². The van der Waals surface area contributed by atoms with Gasteiger partial charge in [-0.2, -0.15) is 26.3 Å². The second-order valence-corrected chi connectivity index (χ2v) is 7.44. The highest BCUT2D eigenvalue weighted by atomic mass is 19.4. The van der Waals surface area contributed by atoms with E-state index >= 15 is 0 Å². The van der Waals surface area contributed by atoms with Crippen molar-refractivity contribution in [3.8, 4) is 11.3 Å². The Kier molecular flexibility index (Phi) is 5.35. The largest absolute Gasteiger partial charge is 0.431 e. The maximum absolute atomic E-state index is 13.6. The number of alkyl halides is 6. The predicted molar refractivity (Wildman–Crippen MR) is 101 cm³/mol. The molecular weight excluding hydrogens is 442 g/mol. The number of amides is 1. The van der Waals surface area contributed by atoms with Crippen LogP contribution in [-0.2, 0) is 10.9 Å². The molecular formula is C20H16F6N4O2. The first-order valence-corrected chi connectivity index (χ1v) is 9.49. The van der Waals surface area contributed by atoms with Crippen molar-refractivity contribution in [1.82, 2.24) is 15.3 Å². The van der Waals surface area contributed by atoms with Crippen LogP contribution in [0.2, 0.25) is 0 Å². The van der Waals surface area contributed by atoms with E-state index in [1.165, 1.54) is 0 Å². The molecule has 1 unspecified atom stereocenters. The van der Waals surface area contributed by atoms with Gasteiger partial charge in [-0.05, 0) is 37.1 Å². The van der Waals surface area contributed by atoms with Crippen molar-refractivity contribution < 1.29 is 35.9 Å². The summed E-state index contributed by atoms with van der Waals surface area (Å²) < 4.78 is 86.2. The molecule has 0 radical (unpaired) electrons. The molecule has 2 aromatic heterocycles. The minimum atomic E-state index is -5.01. The fraction of sp³-hybridized carbons (Fsp3) is 0.350. The molecule has 0 saturated carbocycles. The molecule has 0 fully saturated rings. The van der Waals surface area contributed by atoms with E-state index in [1.807, 2.05) is 6.92 Å². The van der Waals surface area contributed by atoms with E-state index in [1.54, 1.807) is 6.08 Å². The first-order valence-electron chi connectivity index (χ1n) is 9.49. The van der Waals surface area contributed by atoms with Gasteiger partial charge in [0, 0.05) is 24.3 Å². The molecule has 12 heteroatoms. The number of carbonyl (C=O) groups excluding carboxylic acids is 1. The standard InChI is InChI=1S/C20H16F6N4O2/c1-9-6-10(2-4-27-9)13-7-11(19(21,22)23)8-14(29-13)12-3-5-28-17-15(12)16(20(24,25)26)32-18(31)30-17/h2-3,5,7-9,16,27H,4,6H2,1H3,(H,28,30,31)/t9?,16-/m1/s1. The van der Waals surface area contributed by atoms with Crippen LogP contribution in [0.5, 0.6) is 0 Å². The molecule has 4 heterocycles. The lowest BCUT2D eigenvalue weighted by molar-refractivity contribution is -0.206. The Morgan fingerprint density at radius 3 is 2.50 bits per heavy atom. The highest BCUT2D eigenvalue weighted by Gasteiger charge is 2.49. The molecule has 170 valence electrons. The van der Waals surface area contributed by atoms with Gasteiger partial charge in [0.15, 0.2) is 0 Å². The number of anilines is 1. The Hall–Kier alpha value is -3.15. The number of ether oxygens (including phenoxy) is 1. The third kappa shape index (κ3) is 4.27. The van der Waals surface area contributed by atoms with E-state index in [4.69, 9.17) is 0 Å². The average Bonchev–Trinajstić information content (AvgIpc) is 2.71. The summed E-state index contributed by atoms with van der Waals surface area (Å²) in [5.41, 5.74) is -1.71. The zero-order valence-electron chi connectivity index (χ0n) is 16.4. The van der Waals surface area contributed by atoms with Gasteiger partial charge < -0.3 is 10.1 Å². The van der Waals surface area contributed by atoms with Crippen LogP contribution in [0, 0.1) is 0 Å². The summed E-state index contributed by atoms with van der Waals surface area (Å²) in [6.07, 6.45) is -10.7. The summed E-state index contributed by atoms with van der Waals surface area (Å²) in [7, 11) is 0. The minimum absolute atomic E-state index is 0.0121. The van der Waals surface area contributed by atoms with Crippen LogP contribution in [-0.4, -0.2) is 34.8 Å². The zero-order valence-corrected chi connectivity index (χ0v) is 16.4. The Bertz CT molecular complexity index is 1100. The Morgan fingerprint density at radius 2 is 1.84 bits per heavy atom. The maximum Gasteiger partial charge on any atom is 0.430 e. The molecule has 0 saturated heterocycles. The fourth-order valence-corrected chi connectivity index (χ4v) is 3.66. The fourth-order valence-electron chi connectivity index (χ4n) is 3.66. The van der Waals surface area contributed by atoms with Crippen LogP contribution in [0.1, 0.15) is 36.3 Å². The molecule has 1 amide bonds. The topological polar surface area (TPSA) is 76.1 Å². The average molecular weight is 458 g/mol. The molecule has 2 aliphatic rings. The van der Waals surface area contributed by atoms with Crippen molar-refractivity contribution in [1.29, 1.82) is 0 Å². The predicted octanol–water partition coefficient (Wildman–Crippen LogP) is 5.09.